The van der Waals surface area contributed by atoms with Crippen LogP contribution in [0.4, 0.5) is 5.82 Å². The van der Waals surface area contributed by atoms with Crippen LogP contribution in [0, 0.1) is 0 Å². The number of anilines is 1. The number of amides is 1. The molecule has 0 spiro atoms. The summed E-state index contributed by atoms with van der Waals surface area (Å²) in [6.45, 7) is 0. The van der Waals surface area contributed by atoms with Crippen LogP contribution in [0.25, 0.3) is 5.52 Å². The molecule has 1 aliphatic heterocycles. The molecule has 3 aromatic rings. The number of halogens is 1. The van der Waals surface area contributed by atoms with Crippen LogP contribution >= 0.6 is 22.6 Å². The molecule has 1 aliphatic rings. The summed E-state index contributed by atoms with van der Waals surface area (Å²) in [6, 6.07) is 12.7. The number of alkyl halides is 1. The second kappa shape index (κ2) is 7.29. The number of aliphatic hydroxyl groups excluding tert-OH is 1. The Morgan fingerprint density at radius 1 is 1.31 bits per heavy atom. The third-order valence-corrected chi connectivity index (χ3v) is 5.32. The number of aromatic nitrogens is 3. The highest BCUT2D eigenvalue weighted by Crippen LogP contribution is 2.35. The number of fused-ring (bicyclic) bond motifs is 1. The summed E-state index contributed by atoms with van der Waals surface area (Å²) in [7, 11) is 0. The van der Waals surface area contributed by atoms with Crippen molar-refractivity contribution in [2.45, 2.75) is 24.7 Å². The van der Waals surface area contributed by atoms with Crippen molar-refractivity contribution in [3.8, 4) is 0 Å². The molecule has 26 heavy (non-hydrogen) atoms. The first-order valence-corrected chi connectivity index (χ1v) is 9.78. The minimum Gasteiger partial charge on any atom is -0.390 e. The zero-order valence-electron chi connectivity index (χ0n) is 13.7. The summed E-state index contributed by atoms with van der Waals surface area (Å²) in [5.41, 5.74) is 2.08. The quantitative estimate of drug-likeness (QED) is 0.458. The van der Waals surface area contributed by atoms with Crippen molar-refractivity contribution in [2.24, 2.45) is 0 Å². The average Bonchev–Trinajstić information content (AvgIpc) is 3.26. The molecule has 7 nitrogen and oxygen atoms in total. The number of nitrogens with zero attached hydrogens (tertiary/aromatic N) is 3. The van der Waals surface area contributed by atoms with Crippen molar-refractivity contribution in [1.82, 2.24) is 14.6 Å². The number of nitrogens with one attached hydrogen (secondary N) is 1. The first-order valence-electron chi connectivity index (χ1n) is 8.26. The molecule has 3 atom stereocenters. The van der Waals surface area contributed by atoms with Gasteiger partial charge in [0.2, 0.25) is 0 Å². The molecule has 2 aromatic heterocycles. The lowest BCUT2D eigenvalue weighted by Crippen LogP contribution is -2.21. The molecule has 1 saturated heterocycles. The first-order chi connectivity index (χ1) is 12.7. The van der Waals surface area contributed by atoms with Crippen molar-refractivity contribution < 1.29 is 14.6 Å². The van der Waals surface area contributed by atoms with Gasteiger partial charge in [-0.2, -0.15) is 5.10 Å². The van der Waals surface area contributed by atoms with Crippen LogP contribution in [0.3, 0.4) is 0 Å². The van der Waals surface area contributed by atoms with E-state index in [0.717, 1.165) is 10.1 Å². The fraction of sp³-hybridized carbons (Fsp3) is 0.278. The van der Waals surface area contributed by atoms with Gasteiger partial charge in [-0.1, -0.05) is 40.8 Å². The Kier molecular flexibility index (Phi) is 4.88. The van der Waals surface area contributed by atoms with Gasteiger partial charge in [0.15, 0.2) is 5.82 Å². The average molecular weight is 464 g/mol. The maximum absolute atomic E-state index is 12.4. The van der Waals surface area contributed by atoms with Crippen LogP contribution in [0.5, 0.6) is 0 Å². The van der Waals surface area contributed by atoms with Crippen molar-refractivity contribution in [3.63, 3.8) is 0 Å². The highest BCUT2D eigenvalue weighted by Gasteiger charge is 2.35. The topological polar surface area (TPSA) is 88.8 Å². The van der Waals surface area contributed by atoms with Crippen molar-refractivity contribution >= 4 is 39.8 Å². The van der Waals surface area contributed by atoms with E-state index in [2.05, 4.69) is 38.0 Å². The van der Waals surface area contributed by atoms with Gasteiger partial charge in [-0.3, -0.25) is 4.79 Å². The Morgan fingerprint density at radius 3 is 2.85 bits per heavy atom. The summed E-state index contributed by atoms with van der Waals surface area (Å²) in [6.07, 6.45) is 1.03. The van der Waals surface area contributed by atoms with E-state index in [-0.39, 0.29) is 18.1 Å². The fourth-order valence-electron chi connectivity index (χ4n) is 3.12. The Hall–Kier alpha value is -2.04. The van der Waals surface area contributed by atoms with Crippen LogP contribution in [0.2, 0.25) is 0 Å². The van der Waals surface area contributed by atoms with E-state index in [1.54, 1.807) is 16.6 Å². The summed E-state index contributed by atoms with van der Waals surface area (Å²) < 4.78 is 8.38. The summed E-state index contributed by atoms with van der Waals surface area (Å²) in [4.78, 5) is 16.6. The van der Waals surface area contributed by atoms with Gasteiger partial charge in [-0.05, 0) is 24.3 Å². The SMILES string of the molecule is O=C(Nc1ncnn2c([C@H]3C[C@H](O)[C@@H](CI)O3)ccc12)c1ccccc1. The monoisotopic (exact) mass is 464 g/mol. The van der Waals surface area contributed by atoms with Crippen LogP contribution in [0.1, 0.15) is 28.6 Å². The van der Waals surface area contributed by atoms with Crippen molar-refractivity contribution in [2.75, 3.05) is 9.74 Å². The molecule has 0 aliphatic carbocycles. The lowest BCUT2D eigenvalue weighted by Gasteiger charge is -2.12. The van der Waals surface area contributed by atoms with Crippen LogP contribution in [0.15, 0.2) is 48.8 Å². The molecular weight excluding hydrogens is 447 g/mol. The van der Waals surface area contributed by atoms with Crippen LogP contribution in [-0.2, 0) is 4.74 Å². The number of hydrogen-bond acceptors (Lipinski definition) is 5. The third kappa shape index (κ3) is 3.19. The lowest BCUT2D eigenvalue weighted by atomic mass is 10.1. The van der Waals surface area contributed by atoms with Gasteiger partial charge in [0, 0.05) is 16.4 Å². The number of carbonyl (C=O) groups is 1. The molecule has 2 N–H and O–H groups in total. The Morgan fingerprint density at radius 2 is 2.12 bits per heavy atom. The summed E-state index contributed by atoms with van der Waals surface area (Å²) >= 11 is 2.21. The van der Waals surface area contributed by atoms with Crippen molar-refractivity contribution in [3.05, 3.63) is 60.0 Å². The first kappa shape index (κ1) is 17.4. The molecular formula is C18H17IN4O3. The second-order valence-electron chi connectivity index (χ2n) is 6.10. The zero-order chi connectivity index (χ0) is 18.1. The molecule has 8 heteroatoms. The minimum absolute atomic E-state index is 0.176. The molecule has 0 bridgehead atoms. The smallest absolute Gasteiger partial charge is 0.256 e. The van der Waals surface area contributed by atoms with Gasteiger partial charge in [-0.25, -0.2) is 9.50 Å². The predicted octanol–water partition coefficient (Wildman–Crippen LogP) is 2.61. The van der Waals surface area contributed by atoms with E-state index in [1.807, 2.05) is 30.3 Å². The van der Waals surface area contributed by atoms with Gasteiger partial charge in [-0.15, -0.1) is 0 Å². The number of rotatable bonds is 4. The molecule has 0 unspecified atom stereocenters. The highest BCUT2D eigenvalue weighted by atomic mass is 127. The standard InChI is InChI=1S/C18H17IN4O3/c19-9-16-14(24)8-15(26-16)12-6-7-13-17(20-10-21-23(12)13)22-18(25)11-4-2-1-3-5-11/h1-7,10,14-16,24H,8-9H2,(H,20,21,22,25)/t14-,15+,16+/m0/s1. The minimum atomic E-state index is -0.485. The molecule has 3 heterocycles. The van der Waals surface area contributed by atoms with E-state index in [9.17, 15) is 9.90 Å². The maximum Gasteiger partial charge on any atom is 0.256 e. The van der Waals surface area contributed by atoms with Gasteiger partial charge < -0.3 is 15.2 Å². The highest BCUT2D eigenvalue weighted by molar-refractivity contribution is 14.1. The van der Waals surface area contributed by atoms with Crippen molar-refractivity contribution in [1.29, 1.82) is 0 Å². The Bertz CT molecular complexity index is 931. The van der Waals surface area contributed by atoms with Gasteiger partial charge in [0.25, 0.3) is 5.91 Å². The molecule has 1 fully saturated rings. The summed E-state index contributed by atoms with van der Waals surface area (Å²) in [5.74, 6) is 0.204. The fourth-order valence-corrected chi connectivity index (χ4v) is 3.92. The van der Waals surface area contributed by atoms with Crippen LogP contribution in [-0.4, -0.2) is 42.2 Å². The van der Waals surface area contributed by atoms with E-state index in [1.165, 1.54) is 6.33 Å². The Labute approximate surface area is 163 Å². The van der Waals surface area contributed by atoms with Gasteiger partial charge in [0.05, 0.1) is 17.9 Å². The second-order valence-corrected chi connectivity index (χ2v) is 6.99. The zero-order valence-corrected chi connectivity index (χ0v) is 15.9. The molecule has 0 saturated carbocycles. The summed E-state index contributed by atoms with van der Waals surface area (Å²) in [5, 5.41) is 17.2. The number of carbonyl (C=O) groups excluding carboxylic acids is 1. The van der Waals surface area contributed by atoms with E-state index < -0.39 is 6.10 Å². The molecule has 0 radical (unpaired) electrons. The third-order valence-electron chi connectivity index (χ3n) is 4.45. The normalized spacial score (nSPS) is 22.6. The van der Waals surface area contributed by atoms with E-state index >= 15 is 0 Å². The molecule has 4 rings (SSSR count). The maximum atomic E-state index is 12.4. The van der Waals surface area contributed by atoms with Gasteiger partial charge in [0.1, 0.15) is 17.9 Å². The molecule has 1 aromatic carbocycles. The van der Waals surface area contributed by atoms with Crippen LogP contribution < -0.4 is 5.32 Å². The number of aliphatic hydroxyl groups is 1. The van der Waals surface area contributed by atoms with E-state index in [0.29, 0.717) is 23.3 Å². The number of hydrogen-bond donors (Lipinski definition) is 2. The number of benzene rings is 1. The lowest BCUT2D eigenvalue weighted by molar-refractivity contribution is 0.0244. The largest absolute Gasteiger partial charge is 0.390 e. The molecule has 134 valence electrons. The Balaban J connectivity index is 1.63. The molecule has 1 amide bonds. The van der Waals surface area contributed by atoms with Gasteiger partial charge >= 0.3 is 0 Å². The predicted molar refractivity (Wildman–Crippen MR) is 105 cm³/mol. The number of ether oxygens (including phenoxy) is 1. The van der Waals surface area contributed by atoms with E-state index in [4.69, 9.17) is 4.74 Å².